The van der Waals surface area contributed by atoms with Crippen LogP contribution in [0.3, 0.4) is 0 Å². The van der Waals surface area contributed by atoms with Gasteiger partial charge in [-0.3, -0.25) is 9.48 Å². The summed E-state index contributed by atoms with van der Waals surface area (Å²) in [6.45, 7) is 2.90. The third-order valence-electron chi connectivity index (χ3n) is 4.82. The normalized spacial score (nSPS) is 17.4. The minimum Gasteiger partial charge on any atom is -0.423 e. The van der Waals surface area contributed by atoms with Gasteiger partial charge in [-0.05, 0) is 43.5 Å². The van der Waals surface area contributed by atoms with Crippen molar-refractivity contribution in [1.82, 2.24) is 20.1 Å². The van der Waals surface area contributed by atoms with Gasteiger partial charge in [0.2, 0.25) is 5.91 Å². The van der Waals surface area contributed by atoms with E-state index in [-0.39, 0.29) is 11.8 Å². The number of rotatable bonds is 6. The number of anilines is 1. The maximum atomic E-state index is 12.5. The topological polar surface area (TPSA) is 76.2 Å². The van der Waals surface area contributed by atoms with E-state index in [1.54, 1.807) is 18.3 Å². The van der Waals surface area contributed by atoms with Crippen LogP contribution in [0.25, 0.3) is 11.1 Å². The first-order chi connectivity index (χ1) is 13.2. The van der Waals surface area contributed by atoms with Gasteiger partial charge in [-0.1, -0.05) is 11.6 Å². The molecule has 1 aliphatic rings. The molecule has 1 saturated heterocycles. The number of nitrogens with one attached hydrogen (secondary N) is 1. The largest absolute Gasteiger partial charge is 0.423 e. The number of carbonyl (C=O) groups is 1. The van der Waals surface area contributed by atoms with Crippen LogP contribution in [-0.4, -0.2) is 40.3 Å². The fraction of sp³-hybridized carbons (Fsp3) is 0.421. The van der Waals surface area contributed by atoms with E-state index in [0.717, 1.165) is 37.9 Å². The first-order valence-electron chi connectivity index (χ1n) is 9.25. The van der Waals surface area contributed by atoms with Crippen molar-refractivity contribution in [2.45, 2.75) is 25.8 Å². The molecule has 3 aromatic rings. The molecule has 0 saturated carbocycles. The number of hydrogen-bond acceptors (Lipinski definition) is 5. The first kappa shape index (κ1) is 17.9. The lowest BCUT2D eigenvalue weighted by molar-refractivity contribution is -0.125. The van der Waals surface area contributed by atoms with Crippen molar-refractivity contribution in [1.29, 1.82) is 0 Å². The van der Waals surface area contributed by atoms with Crippen LogP contribution in [0.15, 0.2) is 41.1 Å². The Labute approximate surface area is 162 Å². The van der Waals surface area contributed by atoms with Crippen LogP contribution in [0.1, 0.15) is 19.3 Å². The summed E-state index contributed by atoms with van der Waals surface area (Å²) >= 11 is 6.02. The molecule has 142 valence electrons. The molecule has 1 amide bonds. The minimum atomic E-state index is -0.0537. The number of benzene rings is 1. The van der Waals surface area contributed by atoms with Crippen LogP contribution in [-0.2, 0) is 11.3 Å². The zero-order valence-electron chi connectivity index (χ0n) is 15.0. The number of fused-ring (bicyclic) bond motifs is 1. The summed E-state index contributed by atoms with van der Waals surface area (Å²) in [4.78, 5) is 19.1. The van der Waals surface area contributed by atoms with Crippen LogP contribution in [0.4, 0.5) is 6.01 Å². The average Bonchev–Trinajstić information content (AvgIpc) is 3.34. The molecule has 1 fully saturated rings. The summed E-state index contributed by atoms with van der Waals surface area (Å²) < 4.78 is 7.71. The molecule has 1 aromatic carbocycles. The molecule has 3 heterocycles. The van der Waals surface area contributed by atoms with Gasteiger partial charge in [0, 0.05) is 43.6 Å². The highest BCUT2D eigenvalue weighted by atomic mass is 35.5. The quantitative estimate of drug-likeness (QED) is 0.658. The maximum absolute atomic E-state index is 12.5. The summed E-state index contributed by atoms with van der Waals surface area (Å²) in [5.74, 6) is 0.0429. The van der Waals surface area contributed by atoms with Crippen molar-refractivity contribution in [3.8, 4) is 0 Å². The van der Waals surface area contributed by atoms with Gasteiger partial charge >= 0.3 is 0 Å². The summed E-state index contributed by atoms with van der Waals surface area (Å²) in [5.41, 5.74) is 1.45. The van der Waals surface area contributed by atoms with Gasteiger partial charge in [-0.2, -0.15) is 10.1 Å². The highest BCUT2D eigenvalue weighted by Crippen LogP contribution is 2.27. The summed E-state index contributed by atoms with van der Waals surface area (Å²) in [5, 5.41) is 7.84. The lowest BCUT2D eigenvalue weighted by Crippen LogP contribution is -2.43. The molecule has 7 nitrogen and oxygen atoms in total. The van der Waals surface area contributed by atoms with Crippen LogP contribution < -0.4 is 10.2 Å². The molecule has 0 spiro atoms. The molecule has 0 aliphatic carbocycles. The number of aromatic nitrogens is 3. The van der Waals surface area contributed by atoms with E-state index in [0.29, 0.717) is 29.7 Å². The van der Waals surface area contributed by atoms with Crippen molar-refractivity contribution in [2.24, 2.45) is 5.92 Å². The predicted octanol–water partition coefficient (Wildman–Crippen LogP) is 3.10. The molecule has 4 rings (SSSR count). The van der Waals surface area contributed by atoms with Crippen molar-refractivity contribution < 1.29 is 9.21 Å². The summed E-state index contributed by atoms with van der Waals surface area (Å²) in [6.07, 6.45) is 6.36. The van der Waals surface area contributed by atoms with Gasteiger partial charge in [0.05, 0.1) is 5.92 Å². The molecule has 27 heavy (non-hydrogen) atoms. The molecule has 2 aromatic heterocycles. The third kappa shape index (κ3) is 4.24. The van der Waals surface area contributed by atoms with Gasteiger partial charge in [-0.15, -0.1) is 0 Å². The number of halogens is 1. The van der Waals surface area contributed by atoms with E-state index in [4.69, 9.17) is 16.0 Å². The van der Waals surface area contributed by atoms with Gasteiger partial charge in [0.15, 0.2) is 5.58 Å². The molecule has 0 bridgehead atoms. The summed E-state index contributed by atoms with van der Waals surface area (Å²) in [7, 11) is 0. The van der Waals surface area contributed by atoms with E-state index in [1.807, 2.05) is 27.9 Å². The average molecular weight is 388 g/mol. The second-order valence-electron chi connectivity index (χ2n) is 6.81. The van der Waals surface area contributed by atoms with E-state index < -0.39 is 0 Å². The Hall–Kier alpha value is -2.54. The number of aryl methyl sites for hydroxylation is 1. The Balaban J connectivity index is 1.32. The molecular formula is C19H22ClN5O2. The van der Waals surface area contributed by atoms with Gasteiger partial charge in [-0.25, -0.2) is 0 Å². The van der Waals surface area contributed by atoms with Crippen molar-refractivity contribution in [3.63, 3.8) is 0 Å². The van der Waals surface area contributed by atoms with Crippen LogP contribution in [0.5, 0.6) is 0 Å². The van der Waals surface area contributed by atoms with Crippen LogP contribution in [0, 0.1) is 5.92 Å². The van der Waals surface area contributed by atoms with Crippen molar-refractivity contribution in [3.05, 3.63) is 41.7 Å². The molecule has 0 radical (unpaired) electrons. The second kappa shape index (κ2) is 8.00. The van der Waals surface area contributed by atoms with Gasteiger partial charge < -0.3 is 14.6 Å². The van der Waals surface area contributed by atoms with E-state index in [1.165, 1.54) is 0 Å². The smallest absolute Gasteiger partial charge is 0.298 e. The van der Waals surface area contributed by atoms with Gasteiger partial charge in [0.1, 0.15) is 5.52 Å². The molecule has 1 aliphatic heterocycles. The monoisotopic (exact) mass is 387 g/mol. The van der Waals surface area contributed by atoms with Crippen LogP contribution in [0.2, 0.25) is 5.02 Å². The maximum Gasteiger partial charge on any atom is 0.298 e. The Morgan fingerprint density at radius 3 is 3.19 bits per heavy atom. The number of carbonyl (C=O) groups excluding carboxylic acids is 1. The number of oxazole rings is 1. The molecule has 1 unspecified atom stereocenters. The standard InChI is InChI=1S/C19H22ClN5O2/c20-15-5-6-17-16(12-15)23-19(27-17)24-9-1-4-14(13-24)18(26)21-7-2-10-25-11-3-8-22-25/h3,5-6,8,11-12,14H,1-2,4,7,9-10,13H2,(H,21,26). The summed E-state index contributed by atoms with van der Waals surface area (Å²) in [6, 6.07) is 7.85. The van der Waals surface area contributed by atoms with Crippen molar-refractivity contribution >= 4 is 34.6 Å². The number of piperidine rings is 1. The Kier molecular flexibility index (Phi) is 5.29. The zero-order valence-corrected chi connectivity index (χ0v) is 15.7. The van der Waals surface area contributed by atoms with E-state index in [9.17, 15) is 4.79 Å². The predicted molar refractivity (Wildman–Crippen MR) is 104 cm³/mol. The van der Waals surface area contributed by atoms with E-state index >= 15 is 0 Å². The first-order valence-corrected chi connectivity index (χ1v) is 9.63. The van der Waals surface area contributed by atoms with Crippen molar-refractivity contribution in [2.75, 3.05) is 24.5 Å². The van der Waals surface area contributed by atoms with Crippen LogP contribution >= 0.6 is 11.6 Å². The molecule has 8 heteroatoms. The second-order valence-corrected chi connectivity index (χ2v) is 7.24. The Bertz CT molecular complexity index is 908. The highest BCUT2D eigenvalue weighted by Gasteiger charge is 2.28. The fourth-order valence-corrected chi connectivity index (χ4v) is 3.58. The number of nitrogens with zero attached hydrogens (tertiary/aromatic N) is 4. The van der Waals surface area contributed by atoms with Gasteiger partial charge in [0.25, 0.3) is 6.01 Å². The third-order valence-corrected chi connectivity index (χ3v) is 5.06. The molecule has 1 atom stereocenters. The molecular weight excluding hydrogens is 366 g/mol. The Morgan fingerprint density at radius 2 is 2.33 bits per heavy atom. The highest BCUT2D eigenvalue weighted by molar-refractivity contribution is 6.31. The van der Waals surface area contributed by atoms with E-state index in [2.05, 4.69) is 15.4 Å². The number of hydrogen-bond donors (Lipinski definition) is 1. The minimum absolute atomic E-state index is 0.0537. The lowest BCUT2D eigenvalue weighted by Gasteiger charge is -2.30. The zero-order chi connectivity index (χ0) is 18.6. The molecule has 1 N–H and O–H groups in total. The number of amides is 1. The fourth-order valence-electron chi connectivity index (χ4n) is 3.42. The lowest BCUT2D eigenvalue weighted by atomic mass is 9.97. The SMILES string of the molecule is O=C(NCCCn1cccn1)C1CCCN(c2nc3cc(Cl)ccc3o2)C1. The Morgan fingerprint density at radius 1 is 1.41 bits per heavy atom.